The summed E-state index contributed by atoms with van der Waals surface area (Å²) in [7, 11) is 0. The number of benzene rings is 1. The molecule has 2 aromatic rings. The monoisotopic (exact) mass is 301 g/mol. The number of hydrogen-bond donors (Lipinski definition) is 0. The van der Waals surface area contributed by atoms with Crippen LogP contribution in [0.2, 0.25) is 0 Å². The molecule has 0 atom stereocenters. The van der Waals surface area contributed by atoms with Gasteiger partial charge in [0.15, 0.2) is 0 Å². The summed E-state index contributed by atoms with van der Waals surface area (Å²) in [5, 5.41) is 0. The lowest BCUT2D eigenvalue weighted by molar-refractivity contribution is -0.145. The molecule has 1 aromatic heterocycles. The van der Waals surface area contributed by atoms with Gasteiger partial charge in [-0.2, -0.15) is 0 Å². The molecule has 0 spiro atoms. The molecule has 4 nitrogen and oxygen atoms in total. The van der Waals surface area contributed by atoms with Crippen molar-refractivity contribution in [3.63, 3.8) is 0 Å². The average molecular weight is 301 g/mol. The Kier molecular flexibility index (Phi) is 6.71. The number of esters is 1. The summed E-state index contributed by atoms with van der Waals surface area (Å²) >= 11 is 0. The number of unbranched alkanes of at least 4 members (excludes halogenated alkanes) is 1. The summed E-state index contributed by atoms with van der Waals surface area (Å²) in [5.41, 5.74) is 1.16. The molecular weight excluding hydrogens is 278 g/mol. The molecule has 1 heterocycles. The van der Waals surface area contributed by atoms with Crippen LogP contribution in [0.1, 0.15) is 31.1 Å². The molecule has 2 rings (SSSR count). The highest BCUT2D eigenvalue weighted by molar-refractivity contribution is 5.71. The van der Waals surface area contributed by atoms with Crippen molar-refractivity contribution in [2.45, 2.75) is 32.9 Å². The molecule has 0 aliphatic rings. The summed E-state index contributed by atoms with van der Waals surface area (Å²) in [6.07, 6.45) is 3.58. The normalized spacial score (nSPS) is 10.8. The molecular formula is C18H23NO3. The topological polar surface area (TPSA) is 42.7 Å². The van der Waals surface area contributed by atoms with Crippen molar-refractivity contribution < 1.29 is 13.9 Å². The van der Waals surface area contributed by atoms with Crippen LogP contribution < -0.4 is 0 Å². The number of ether oxygens (including phenoxy) is 1. The lowest BCUT2D eigenvalue weighted by atomic mass is 10.2. The summed E-state index contributed by atoms with van der Waals surface area (Å²) < 4.78 is 10.6. The van der Waals surface area contributed by atoms with Crippen molar-refractivity contribution in [3.05, 3.63) is 60.1 Å². The highest BCUT2D eigenvalue weighted by Gasteiger charge is 2.14. The van der Waals surface area contributed by atoms with Crippen LogP contribution in [-0.2, 0) is 22.6 Å². The van der Waals surface area contributed by atoms with Crippen molar-refractivity contribution >= 4 is 5.97 Å². The SMILES string of the molecule is CCCCOC(=O)CN(Cc1ccccc1)Cc1ccco1. The van der Waals surface area contributed by atoms with Gasteiger partial charge in [0.05, 0.1) is 26.0 Å². The third kappa shape index (κ3) is 5.74. The predicted molar refractivity (Wildman–Crippen MR) is 85.1 cm³/mol. The quantitative estimate of drug-likeness (QED) is 0.524. The highest BCUT2D eigenvalue weighted by Crippen LogP contribution is 2.10. The lowest BCUT2D eigenvalue weighted by Gasteiger charge is -2.20. The van der Waals surface area contributed by atoms with Gasteiger partial charge < -0.3 is 9.15 Å². The van der Waals surface area contributed by atoms with E-state index in [4.69, 9.17) is 9.15 Å². The fourth-order valence-corrected chi connectivity index (χ4v) is 2.19. The molecule has 0 fully saturated rings. The van der Waals surface area contributed by atoms with Crippen molar-refractivity contribution in [2.75, 3.05) is 13.2 Å². The number of carbonyl (C=O) groups is 1. The second kappa shape index (κ2) is 9.05. The molecule has 118 valence electrons. The Morgan fingerprint density at radius 1 is 1.14 bits per heavy atom. The van der Waals surface area contributed by atoms with E-state index in [9.17, 15) is 4.79 Å². The first kappa shape index (κ1) is 16.3. The third-order valence-corrected chi connectivity index (χ3v) is 3.32. The fraction of sp³-hybridized carbons (Fsp3) is 0.389. The van der Waals surface area contributed by atoms with Gasteiger partial charge in [0.25, 0.3) is 0 Å². The molecule has 22 heavy (non-hydrogen) atoms. The van der Waals surface area contributed by atoms with E-state index in [0.717, 1.165) is 24.2 Å². The van der Waals surface area contributed by atoms with E-state index in [1.807, 2.05) is 35.2 Å². The largest absolute Gasteiger partial charge is 0.468 e. The Balaban J connectivity index is 1.93. The Morgan fingerprint density at radius 3 is 2.64 bits per heavy atom. The van der Waals surface area contributed by atoms with E-state index < -0.39 is 0 Å². The Labute approximate surface area is 131 Å². The molecule has 4 heteroatoms. The number of rotatable bonds is 9. The maximum absolute atomic E-state index is 12.0. The molecule has 0 saturated heterocycles. The van der Waals surface area contributed by atoms with Gasteiger partial charge in [0, 0.05) is 6.54 Å². The third-order valence-electron chi connectivity index (χ3n) is 3.32. The molecule has 1 aromatic carbocycles. The van der Waals surface area contributed by atoms with Gasteiger partial charge in [-0.05, 0) is 24.1 Å². The van der Waals surface area contributed by atoms with Crippen LogP contribution in [0.3, 0.4) is 0 Å². The van der Waals surface area contributed by atoms with Gasteiger partial charge >= 0.3 is 5.97 Å². The van der Waals surface area contributed by atoms with Gasteiger partial charge in [-0.3, -0.25) is 9.69 Å². The van der Waals surface area contributed by atoms with Crippen LogP contribution in [0.25, 0.3) is 0 Å². The summed E-state index contributed by atoms with van der Waals surface area (Å²) in [5.74, 6) is 0.660. The smallest absolute Gasteiger partial charge is 0.320 e. The minimum atomic E-state index is -0.184. The fourth-order valence-electron chi connectivity index (χ4n) is 2.19. The van der Waals surface area contributed by atoms with Crippen LogP contribution in [0, 0.1) is 0 Å². The average Bonchev–Trinajstić information content (AvgIpc) is 3.01. The van der Waals surface area contributed by atoms with E-state index in [2.05, 4.69) is 19.1 Å². The van der Waals surface area contributed by atoms with Crippen molar-refractivity contribution in [3.8, 4) is 0 Å². The van der Waals surface area contributed by atoms with Crippen molar-refractivity contribution in [2.24, 2.45) is 0 Å². The number of furan rings is 1. The standard InChI is InChI=1S/C18H23NO3/c1-2-3-11-22-18(20)15-19(14-17-10-7-12-21-17)13-16-8-5-4-6-9-16/h4-10,12H,2-3,11,13-15H2,1H3. The van der Waals surface area contributed by atoms with E-state index >= 15 is 0 Å². The Bertz CT molecular complexity index is 537. The van der Waals surface area contributed by atoms with Crippen LogP contribution in [0.15, 0.2) is 53.1 Å². The molecule has 0 amide bonds. The van der Waals surface area contributed by atoms with E-state index in [0.29, 0.717) is 19.7 Å². The second-order valence-electron chi connectivity index (χ2n) is 5.28. The molecule has 0 unspecified atom stereocenters. The Hall–Kier alpha value is -2.07. The molecule has 0 radical (unpaired) electrons. The van der Waals surface area contributed by atoms with Crippen molar-refractivity contribution in [1.82, 2.24) is 4.90 Å². The zero-order chi connectivity index (χ0) is 15.6. The van der Waals surface area contributed by atoms with Crippen molar-refractivity contribution in [1.29, 1.82) is 0 Å². The lowest BCUT2D eigenvalue weighted by Crippen LogP contribution is -2.30. The molecule has 0 aliphatic heterocycles. The zero-order valence-electron chi connectivity index (χ0n) is 13.0. The number of hydrogen-bond acceptors (Lipinski definition) is 4. The summed E-state index contributed by atoms with van der Waals surface area (Å²) in [4.78, 5) is 14.0. The van der Waals surface area contributed by atoms with Gasteiger partial charge in [0.2, 0.25) is 0 Å². The molecule has 0 N–H and O–H groups in total. The highest BCUT2D eigenvalue weighted by atomic mass is 16.5. The first-order valence-corrected chi connectivity index (χ1v) is 7.72. The van der Waals surface area contributed by atoms with Crippen LogP contribution in [0.5, 0.6) is 0 Å². The summed E-state index contributed by atoms with van der Waals surface area (Å²) in [6.45, 7) is 4.11. The molecule has 0 aliphatic carbocycles. The van der Waals surface area contributed by atoms with E-state index in [1.165, 1.54) is 0 Å². The first-order chi connectivity index (χ1) is 10.8. The minimum absolute atomic E-state index is 0.184. The van der Waals surface area contributed by atoms with E-state index in [-0.39, 0.29) is 12.5 Å². The van der Waals surface area contributed by atoms with Crippen LogP contribution >= 0.6 is 0 Å². The Morgan fingerprint density at radius 2 is 1.95 bits per heavy atom. The maximum atomic E-state index is 12.0. The minimum Gasteiger partial charge on any atom is -0.468 e. The predicted octanol–water partition coefficient (Wildman–Crippen LogP) is 3.63. The molecule has 0 saturated carbocycles. The number of nitrogens with zero attached hydrogens (tertiary/aromatic N) is 1. The first-order valence-electron chi connectivity index (χ1n) is 7.72. The van der Waals surface area contributed by atoms with Gasteiger partial charge in [0.1, 0.15) is 5.76 Å². The van der Waals surface area contributed by atoms with E-state index in [1.54, 1.807) is 6.26 Å². The number of carbonyl (C=O) groups excluding carboxylic acids is 1. The molecule has 0 bridgehead atoms. The summed E-state index contributed by atoms with van der Waals surface area (Å²) in [6, 6.07) is 13.9. The zero-order valence-corrected chi connectivity index (χ0v) is 13.0. The van der Waals surface area contributed by atoms with Crippen LogP contribution in [0.4, 0.5) is 0 Å². The second-order valence-corrected chi connectivity index (χ2v) is 5.28. The maximum Gasteiger partial charge on any atom is 0.320 e. The van der Waals surface area contributed by atoms with Crippen LogP contribution in [-0.4, -0.2) is 24.0 Å². The van der Waals surface area contributed by atoms with Gasteiger partial charge in [-0.15, -0.1) is 0 Å². The van der Waals surface area contributed by atoms with Gasteiger partial charge in [-0.25, -0.2) is 0 Å². The van der Waals surface area contributed by atoms with Gasteiger partial charge in [-0.1, -0.05) is 43.7 Å².